The zero-order valence-corrected chi connectivity index (χ0v) is 18.7. The average Bonchev–Trinajstić information content (AvgIpc) is 3.38. The molecule has 3 heterocycles. The molecule has 3 aromatic heterocycles. The predicted octanol–water partition coefficient (Wildman–Crippen LogP) is 3.80. The van der Waals surface area contributed by atoms with Crippen molar-refractivity contribution in [3.63, 3.8) is 0 Å². The number of hydrogen-bond acceptors (Lipinski definition) is 6. The van der Waals surface area contributed by atoms with Crippen LogP contribution in [0.3, 0.4) is 0 Å². The first-order chi connectivity index (χ1) is 15.5. The van der Waals surface area contributed by atoms with Crippen LogP contribution in [0.4, 0.5) is 5.00 Å². The van der Waals surface area contributed by atoms with E-state index < -0.39 is 11.8 Å². The Morgan fingerprint density at radius 3 is 2.72 bits per heavy atom. The largest absolute Gasteiger partial charge is 0.365 e. The number of carbonyl (C=O) groups excluding carboxylic acids is 2. The second-order valence-corrected chi connectivity index (χ2v) is 9.66. The Morgan fingerprint density at radius 1 is 1.16 bits per heavy atom. The van der Waals surface area contributed by atoms with Gasteiger partial charge >= 0.3 is 0 Å². The number of aromatic nitrogens is 2. The molecular formula is C23H20N4O3S2. The molecule has 3 N–H and O–H groups in total. The van der Waals surface area contributed by atoms with Crippen molar-refractivity contribution in [3.8, 4) is 11.1 Å². The number of benzene rings is 1. The summed E-state index contributed by atoms with van der Waals surface area (Å²) in [5.41, 5.74) is 8.43. The van der Waals surface area contributed by atoms with E-state index in [1.165, 1.54) is 33.6 Å². The van der Waals surface area contributed by atoms with E-state index in [-0.39, 0.29) is 12.1 Å². The third kappa shape index (κ3) is 3.63. The Hall–Kier alpha value is -3.30. The van der Waals surface area contributed by atoms with Crippen molar-refractivity contribution in [2.45, 2.75) is 32.2 Å². The molecule has 7 nitrogen and oxygen atoms in total. The number of fused-ring (bicyclic) bond motifs is 2. The van der Waals surface area contributed by atoms with Gasteiger partial charge in [-0.2, -0.15) is 0 Å². The van der Waals surface area contributed by atoms with Gasteiger partial charge in [0.2, 0.25) is 5.91 Å². The summed E-state index contributed by atoms with van der Waals surface area (Å²) in [6.07, 6.45) is 5.13. The summed E-state index contributed by atoms with van der Waals surface area (Å²) in [7, 11) is 0. The van der Waals surface area contributed by atoms with Crippen molar-refractivity contribution in [1.82, 2.24) is 9.55 Å². The average molecular weight is 465 g/mol. The minimum atomic E-state index is -0.536. The maximum Gasteiger partial charge on any atom is 0.263 e. The molecule has 9 heteroatoms. The molecule has 0 unspecified atom stereocenters. The van der Waals surface area contributed by atoms with Gasteiger partial charge < -0.3 is 11.1 Å². The maximum atomic E-state index is 13.2. The monoisotopic (exact) mass is 464 g/mol. The zero-order chi connectivity index (χ0) is 22.2. The lowest BCUT2D eigenvalue weighted by Gasteiger charge is -2.11. The Kier molecular flexibility index (Phi) is 5.36. The van der Waals surface area contributed by atoms with Crippen LogP contribution >= 0.6 is 22.7 Å². The van der Waals surface area contributed by atoms with E-state index in [9.17, 15) is 14.4 Å². The molecule has 1 aromatic carbocycles. The molecule has 32 heavy (non-hydrogen) atoms. The SMILES string of the molecule is NC(=O)c1c(NC(=O)Cn2cnc3scc(-c4ccccc4)c3c2=O)sc2c1CCCC2. The number of rotatable bonds is 5. The number of nitrogens with one attached hydrogen (secondary N) is 1. The van der Waals surface area contributed by atoms with E-state index in [1.807, 2.05) is 35.7 Å². The smallest absolute Gasteiger partial charge is 0.263 e. The Morgan fingerprint density at radius 2 is 1.94 bits per heavy atom. The van der Waals surface area contributed by atoms with E-state index in [0.29, 0.717) is 20.8 Å². The van der Waals surface area contributed by atoms with Crippen LogP contribution in [0.2, 0.25) is 0 Å². The minimum absolute atomic E-state index is 0.202. The number of nitrogens with two attached hydrogens (primary N) is 1. The van der Waals surface area contributed by atoms with Crippen molar-refractivity contribution >= 4 is 49.7 Å². The second kappa shape index (κ2) is 8.33. The standard InChI is InChI=1S/C23H20N4O3S2/c24-20(29)18-14-8-4-5-9-16(14)32-22(18)26-17(28)10-27-12-25-21-19(23(27)30)15(11-31-21)13-6-2-1-3-7-13/h1-3,6-7,11-12H,4-5,8-10H2,(H2,24,29)(H,26,28). The molecule has 4 aromatic rings. The predicted molar refractivity (Wildman–Crippen MR) is 127 cm³/mol. The Bertz CT molecular complexity index is 1400. The first-order valence-corrected chi connectivity index (χ1v) is 12.0. The highest BCUT2D eigenvalue weighted by Gasteiger charge is 2.25. The van der Waals surface area contributed by atoms with Gasteiger partial charge in [-0.3, -0.25) is 19.0 Å². The molecule has 162 valence electrons. The van der Waals surface area contributed by atoms with Gasteiger partial charge in [-0.1, -0.05) is 30.3 Å². The summed E-state index contributed by atoms with van der Waals surface area (Å²) in [4.78, 5) is 44.2. The fourth-order valence-electron chi connectivity index (χ4n) is 4.15. The lowest BCUT2D eigenvalue weighted by Crippen LogP contribution is -2.28. The molecule has 1 aliphatic carbocycles. The van der Waals surface area contributed by atoms with Gasteiger partial charge in [0.1, 0.15) is 16.4 Å². The molecule has 0 aliphatic heterocycles. The summed E-state index contributed by atoms with van der Waals surface area (Å²) < 4.78 is 1.30. The number of anilines is 1. The lowest BCUT2D eigenvalue weighted by molar-refractivity contribution is -0.116. The summed E-state index contributed by atoms with van der Waals surface area (Å²) in [5.74, 6) is -0.934. The topological polar surface area (TPSA) is 107 Å². The van der Waals surface area contributed by atoms with Crippen molar-refractivity contribution in [3.05, 3.63) is 68.4 Å². The van der Waals surface area contributed by atoms with E-state index in [2.05, 4.69) is 10.3 Å². The highest BCUT2D eigenvalue weighted by Crippen LogP contribution is 2.38. The van der Waals surface area contributed by atoms with Crippen molar-refractivity contribution in [1.29, 1.82) is 0 Å². The molecule has 0 fully saturated rings. The van der Waals surface area contributed by atoms with Gasteiger partial charge in [0, 0.05) is 15.8 Å². The third-order valence-electron chi connectivity index (χ3n) is 5.63. The molecule has 0 saturated carbocycles. The van der Waals surface area contributed by atoms with E-state index in [4.69, 9.17) is 5.73 Å². The molecule has 0 bridgehead atoms. The quantitative estimate of drug-likeness (QED) is 0.468. The van der Waals surface area contributed by atoms with Gasteiger partial charge in [-0.25, -0.2) is 4.98 Å². The number of amides is 2. The van der Waals surface area contributed by atoms with E-state index in [0.717, 1.165) is 47.3 Å². The van der Waals surface area contributed by atoms with Crippen LogP contribution in [0.5, 0.6) is 0 Å². The van der Waals surface area contributed by atoms with Crippen molar-refractivity contribution in [2.24, 2.45) is 5.73 Å². The summed E-state index contributed by atoms with van der Waals surface area (Å²) >= 11 is 2.80. The van der Waals surface area contributed by atoms with Crippen LogP contribution in [0.15, 0.2) is 46.8 Å². The van der Waals surface area contributed by atoms with Crippen LogP contribution in [-0.2, 0) is 24.2 Å². The first kappa shape index (κ1) is 20.6. The van der Waals surface area contributed by atoms with Crippen LogP contribution in [0.25, 0.3) is 21.3 Å². The number of hydrogen-bond donors (Lipinski definition) is 2. The molecule has 0 saturated heterocycles. The maximum absolute atomic E-state index is 13.2. The summed E-state index contributed by atoms with van der Waals surface area (Å²) in [5, 5.41) is 5.69. The van der Waals surface area contributed by atoms with Crippen molar-refractivity contribution < 1.29 is 9.59 Å². The molecule has 2 amide bonds. The highest BCUT2D eigenvalue weighted by atomic mass is 32.1. The van der Waals surface area contributed by atoms with Crippen LogP contribution < -0.4 is 16.6 Å². The van der Waals surface area contributed by atoms with Gasteiger partial charge in [-0.15, -0.1) is 22.7 Å². The lowest BCUT2D eigenvalue weighted by atomic mass is 9.95. The van der Waals surface area contributed by atoms with Crippen LogP contribution in [0.1, 0.15) is 33.6 Å². The number of carbonyl (C=O) groups is 2. The second-order valence-electron chi connectivity index (χ2n) is 7.70. The highest BCUT2D eigenvalue weighted by molar-refractivity contribution is 7.17. The molecular weight excluding hydrogens is 444 g/mol. The number of nitrogens with zero attached hydrogens (tertiary/aromatic N) is 2. The Labute approximate surface area is 191 Å². The number of primary amides is 1. The number of thiophene rings is 2. The number of aryl methyl sites for hydroxylation is 1. The van der Waals surface area contributed by atoms with E-state index in [1.54, 1.807) is 0 Å². The first-order valence-electron chi connectivity index (χ1n) is 10.3. The van der Waals surface area contributed by atoms with Crippen LogP contribution in [-0.4, -0.2) is 21.4 Å². The minimum Gasteiger partial charge on any atom is -0.365 e. The molecule has 0 spiro atoms. The summed E-state index contributed by atoms with van der Waals surface area (Å²) in [6.45, 7) is -0.202. The van der Waals surface area contributed by atoms with Gasteiger partial charge in [0.05, 0.1) is 17.3 Å². The van der Waals surface area contributed by atoms with Gasteiger partial charge in [-0.05, 0) is 36.8 Å². The van der Waals surface area contributed by atoms with E-state index >= 15 is 0 Å². The van der Waals surface area contributed by atoms with Crippen LogP contribution in [0, 0.1) is 0 Å². The van der Waals surface area contributed by atoms with Gasteiger partial charge in [0.15, 0.2) is 0 Å². The van der Waals surface area contributed by atoms with Crippen molar-refractivity contribution in [2.75, 3.05) is 5.32 Å². The zero-order valence-electron chi connectivity index (χ0n) is 17.1. The molecule has 0 atom stereocenters. The Balaban J connectivity index is 1.45. The molecule has 0 radical (unpaired) electrons. The third-order valence-corrected chi connectivity index (χ3v) is 7.72. The molecule has 5 rings (SSSR count). The normalized spacial score (nSPS) is 13.1. The fraction of sp³-hybridized carbons (Fsp3) is 0.217. The molecule has 1 aliphatic rings. The fourth-order valence-corrected chi connectivity index (χ4v) is 6.36. The summed E-state index contributed by atoms with van der Waals surface area (Å²) in [6, 6.07) is 9.63. The van der Waals surface area contributed by atoms with Gasteiger partial charge in [0.25, 0.3) is 11.5 Å².